The average molecular weight is 271 g/mol. The van der Waals surface area contributed by atoms with Gasteiger partial charge in [0.05, 0.1) is 16.4 Å². The van der Waals surface area contributed by atoms with Gasteiger partial charge >= 0.3 is 0 Å². The van der Waals surface area contributed by atoms with Crippen molar-refractivity contribution in [1.82, 2.24) is 20.0 Å². The number of rotatable bonds is 3. The van der Waals surface area contributed by atoms with Crippen molar-refractivity contribution < 1.29 is 4.79 Å². The molecular formula is C12H19ClN4O. The standard InChI is InChI=1S/C12H19ClN4O/c1-8-12(13)9(2)17(15-8)7-11(18)16(3)10-4-5-14-6-10/h10,14H,4-7H2,1-3H3/t10-/m0/s1. The molecule has 1 aromatic heterocycles. The van der Waals surface area contributed by atoms with Gasteiger partial charge in [0.2, 0.25) is 5.91 Å². The fraction of sp³-hybridized carbons (Fsp3) is 0.667. The highest BCUT2D eigenvalue weighted by Crippen LogP contribution is 2.19. The maximum Gasteiger partial charge on any atom is 0.244 e. The Bertz CT molecular complexity index is 451. The van der Waals surface area contributed by atoms with Gasteiger partial charge in [0.1, 0.15) is 6.54 Å². The van der Waals surface area contributed by atoms with Crippen LogP contribution in [0.5, 0.6) is 0 Å². The summed E-state index contributed by atoms with van der Waals surface area (Å²) in [5.74, 6) is 0.0750. The number of carbonyl (C=O) groups excluding carboxylic acids is 1. The van der Waals surface area contributed by atoms with Crippen LogP contribution < -0.4 is 5.32 Å². The maximum atomic E-state index is 12.2. The van der Waals surface area contributed by atoms with Gasteiger partial charge in [-0.3, -0.25) is 9.48 Å². The second-order valence-electron chi connectivity index (χ2n) is 4.79. The molecule has 1 amide bonds. The number of aromatic nitrogens is 2. The van der Waals surface area contributed by atoms with Crippen molar-refractivity contribution in [2.24, 2.45) is 0 Å². The highest BCUT2D eigenvalue weighted by atomic mass is 35.5. The number of carbonyl (C=O) groups is 1. The van der Waals surface area contributed by atoms with Crippen LogP contribution in [0.3, 0.4) is 0 Å². The number of hydrogen-bond acceptors (Lipinski definition) is 3. The van der Waals surface area contributed by atoms with E-state index in [0.717, 1.165) is 30.9 Å². The number of amides is 1. The third-order valence-electron chi connectivity index (χ3n) is 3.55. The van der Waals surface area contributed by atoms with Crippen LogP contribution in [-0.2, 0) is 11.3 Å². The van der Waals surface area contributed by atoms with Crippen molar-refractivity contribution in [2.45, 2.75) is 32.9 Å². The molecule has 0 bridgehead atoms. The number of aryl methyl sites for hydroxylation is 1. The third kappa shape index (κ3) is 2.52. The average Bonchev–Trinajstić information content (AvgIpc) is 2.94. The molecule has 6 heteroatoms. The molecule has 5 nitrogen and oxygen atoms in total. The second kappa shape index (κ2) is 5.28. The van der Waals surface area contributed by atoms with Gasteiger partial charge in [-0.15, -0.1) is 0 Å². The van der Waals surface area contributed by atoms with Gasteiger partial charge in [0.25, 0.3) is 0 Å². The van der Waals surface area contributed by atoms with Gasteiger partial charge in [0.15, 0.2) is 0 Å². The van der Waals surface area contributed by atoms with E-state index in [0.29, 0.717) is 11.1 Å². The highest BCUT2D eigenvalue weighted by molar-refractivity contribution is 6.31. The molecule has 0 radical (unpaired) electrons. The van der Waals surface area contributed by atoms with Crippen molar-refractivity contribution in [1.29, 1.82) is 0 Å². The minimum Gasteiger partial charge on any atom is -0.340 e. The molecule has 100 valence electrons. The monoisotopic (exact) mass is 270 g/mol. The van der Waals surface area contributed by atoms with Crippen LogP contribution in [0.2, 0.25) is 5.02 Å². The van der Waals surface area contributed by atoms with E-state index in [1.54, 1.807) is 4.68 Å². The summed E-state index contributed by atoms with van der Waals surface area (Å²) < 4.78 is 1.68. The van der Waals surface area contributed by atoms with Crippen LogP contribution in [-0.4, -0.2) is 46.8 Å². The number of likely N-dealkylation sites (N-methyl/N-ethyl adjacent to an activating group) is 1. The van der Waals surface area contributed by atoms with Gasteiger partial charge in [-0.25, -0.2) is 0 Å². The summed E-state index contributed by atoms with van der Waals surface area (Å²) in [6.07, 6.45) is 1.01. The smallest absolute Gasteiger partial charge is 0.244 e. The molecular weight excluding hydrogens is 252 g/mol. The second-order valence-corrected chi connectivity index (χ2v) is 5.17. The van der Waals surface area contributed by atoms with E-state index in [4.69, 9.17) is 11.6 Å². The summed E-state index contributed by atoms with van der Waals surface area (Å²) in [5, 5.41) is 8.19. The molecule has 2 rings (SSSR count). The van der Waals surface area contributed by atoms with Crippen LogP contribution >= 0.6 is 11.6 Å². The molecule has 0 saturated carbocycles. The first kappa shape index (κ1) is 13.4. The van der Waals surface area contributed by atoms with Crippen LogP contribution in [0.15, 0.2) is 0 Å². The van der Waals surface area contributed by atoms with E-state index in [2.05, 4.69) is 10.4 Å². The number of hydrogen-bond donors (Lipinski definition) is 1. The summed E-state index contributed by atoms with van der Waals surface area (Å²) in [4.78, 5) is 14.0. The quantitative estimate of drug-likeness (QED) is 0.891. The van der Waals surface area contributed by atoms with Crippen LogP contribution in [0.4, 0.5) is 0 Å². The summed E-state index contributed by atoms with van der Waals surface area (Å²) >= 11 is 6.07. The number of nitrogens with zero attached hydrogens (tertiary/aromatic N) is 3. The maximum absolute atomic E-state index is 12.2. The molecule has 1 atom stereocenters. The van der Waals surface area contributed by atoms with E-state index in [-0.39, 0.29) is 12.5 Å². The third-order valence-corrected chi connectivity index (χ3v) is 4.10. The molecule has 0 unspecified atom stereocenters. The predicted molar refractivity (Wildman–Crippen MR) is 70.8 cm³/mol. The molecule has 1 aromatic rings. The Balaban J connectivity index is 2.04. The first-order valence-corrected chi connectivity index (χ1v) is 6.54. The van der Waals surface area contributed by atoms with Gasteiger partial charge < -0.3 is 10.2 Å². The molecule has 0 aliphatic carbocycles. The first-order chi connectivity index (χ1) is 8.50. The fourth-order valence-corrected chi connectivity index (χ4v) is 2.38. The van der Waals surface area contributed by atoms with Gasteiger partial charge in [-0.1, -0.05) is 11.6 Å². The van der Waals surface area contributed by atoms with Crippen molar-refractivity contribution in [3.8, 4) is 0 Å². The number of halogens is 1. The molecule has 1 saturated heterocycles. The molecule has 0 spiro atoms. The molecule has 1 aliphatic rings. The Morgan fingerprint density at radius 2 is 2.33 bits per heavy atom. The SMILES string of the molecule is Cc1nn(CC(=O)N(C)[C@H]2CCNC2)c(C)c1Cl. The largest absolute Gasteiger partial charge is 0.340 e. The zero-order valence-corrected chi connectivity index (χ0v) is 11.8. The van der Waals surface area contributed by atoms with Crippen molar-refractivity contribution in [3.05, 3.63) is 16.4 Å². The lowest BCUT2D eigenvalue weighted by Gasteiger charge is -2.23. The Morgan fingerprint density at radius 3 is 2.83 bits per heavy atom. The summed E-state index contributed by atoms with van der Waals surface area (Å²) in [6, 6.07) is 0.296. The topological polar surface area (TPSA) is 50.2 Å². The van der Waals surface area contributed by atoms with Gasteiger partial charge in [-0.2, -0.15) is 5.10 Å². The van der Waals surface area contributed by atoms with Crippen LogP contribution in [0.25, 0.3) is 0 Å². The van der Waals surface area contributed by atoms with Crippen molar-refractivity contribution in [2.75, 3.05) is 20.1 Å². The predicted octanol–water partition coefficient (Wildman–Crippen LogP) is 0.974. The highest BCUT2D eigenvalue weighted by Gasteiger charge is 2.24. The zero-order valence-electron chi connectivity index (χ0n) is 11.0. The van der Waals surface area contributed by atoms with E-state index >= 15 is 0 Å². The first-order valence-electron chi connectivity index (χ1n) is 6.16. The fourth-order valence-electron chi connectivity index (χ4n) is 2.24. The zero-order chi connectivity index (χ0) is 13.3. The Kier molecular flexibility index (Phi) is 3.92. The van der Waals surface area contributed by atoms with Crippen molar-refractivity contribution in [3.63, 3.8) is 0 Å². The Labute approximate surface area is 112 Å². The van der Waals surface area contributed by atoms with Gasteiger partial charge in [-0.05, 0) is 26.8 Å². The van der Waals surface area contributed by atoms with Crippen LogP contribution in [0, 0.1) is 13.8 Å². The van der Waals surface area contributed by atoms with Gasteiger partial charge in [0, 0.05) is 19.6 Å². The summed E-state index contributed by atoms with van der Waals surface area (Å²) in [7, 11) is 1.85. The molecule has 1 N–H and O–H groups in total. The Hall–Kier alpha value is -1.07. The lowest BCUT2D eigenvalue weighted by Crippen LogP contribution is -2.40. The number of nitrogens with one attached hydrogen (secondary N) is 1. The normalized spacial score (nSPS) is 19.2. The Morgan fingerprint density at radius 1 is 1.61 bits per heavy atom. The molecule has 1 aliphatic heterocycles. The molecule has 1 fully saturated rings. The molecule has 18 heavy (non-hydrogen) atoms. The van der Waals surface area contributed by atoms with Crippen molar-refractivity contribution >= 4 is 17.5 Å². The molecule has 2 heterocycles. The molecule has 0 aromatic carbocycles. The summed E-state index contributed by atoms with van der Waals surface area (Å²) in [6.45, 7) is 5.84. The van der Waals surface area contributed by atoms with E-state index in [1.165, 1.54) is 0 Å². The lowest BCUT2D eigenvalue weighted by atomic mass is 10.2. The van der Waals surface area contributed by atoms with E-state index in [9.17, 15) is 4.79 Å². The van der Waals surface area contributed by atoms with E-state index in [1.807, 2.05) is 25.8 Å². The summed E-state index contributed by atoms with van der Waals surface area (Å²) in [5.41, 5.74) is 1.62. The minimum absolute atomic E-state index is 0.0750. The minimum atomic E-state index is 0.0750. The van der Waals surface area contributed by atoms with E-state index < -0.39 is 0 Å². The van der Waals surface area contributed by atoms with Crippen LogP contribution in [0.1, 0.15) is 17.8 Å². The lowest BCUT2D eigenvalue weighted by molar-refractivity contribution is -0.132.